The van der Waals surface area contributed by atoms with Gasteiger partial charge in [0.15, 0.2) is 17.5 Å². The highest BCUT2D eigenvalue weighted by Crippen LogP contribution is 2.27. The number of carbonyl (C=O) groups is 2. The Morgan fingerprint density at radius 1 is 1.00 bits per heavy atom. The van der Waals surface area contributed by atoms with Crippen molar-refractivity contribution < 1.29 is 27.5 Å². The summed E-state index contributed by atoms with van der Waals surface area (Å²) in [7, 11) is -0.776. The number of ether oxygens (including phenoxy) is 2. The molecule has 1 atom stereocenters. The lowest BCUT2D eigenvalue weighted by molar-refractivity contribution is -0.123. The molecule has 0 bridgehead atoms. The van der Waals surface area contributed by atoms with Crippen molar-refractivity contribution in [2.45, 2.75) is 44.2 Å². The van der Waals surface area contributed by atoms with Gasteiger partial charge in [-0.15, -0.1) is 0 Å². The third kappa shape index (κ3) is 8.86. The Kier molecular flexibility index (Phi) is 10.2. The molecular weight excluding hydrogens is 486 g/mol. The zero-order valence-electron chi connectivity index (χ0n) is 20.8. The Balaban J connectivity index is 1.95. The van der Waals surface area contributed by atoms with Crippen LogP contribution in [0.25, 0.3) is 0 Å². The van der Waals surface area contributed by atoms with Crippen LogP contribution in [0.3, 0.4) is 0 Å². The monoisotopic (exact) mass is 519 g/mol. The summed E-state index contributed by atoms with van der Waals surface area (Å²) >= 11 is 0. The molecule has 0 saturated carbocycles. The van der Waals surface area contributed by atoms with Crippen LogP contribution < -0.4 is 30.6 Å². The SMILES string of the molecule is COc1ccc(CC(=O)NC(=N)N[C@H](CC(C)C)C(=O)NCc2ccc(S(N)(=O)=O)cc2)cc1OC. The number of sulfonamides is 1. The molecule has 6 N–H and O–H groups in total. The fourth-order valence-corrected chi connectivity index (χ4v) is 3.90. The Bertz CT molecular complexity index is 1180. The van der Waals surface area contributed by atoms with Gasteiger partial charge in [-0.2, -0.15) is 0 Å². The standard InChI is InChI=1S/C24H33N5O6S/c1-15(2)11-19(23(31)27-14-16-5-8-18(9-6-16)36(26,32)33)28-24(25)29-22(30)13-17-7-10-20(34-3)21(12-17)35-4/h5-10,12,15,19H,11,13-14H2,1-4H3,(H,27,31)(H2,26,32,33)(H3,25,28,29,30)/t19-/m1/s1. The Hall–Kier alpha value is -3.64. The average Bonchev–Trinajstić information content (AvgIpc) is 2.81. The van der Waals surface area contributed by atoms with Gasteiger partial charge in [0.1, 0.15) is 6.04 Å². The predicted octanol–water partition coefficient (Wildman–Crippen LogP) is 1.27. The topological polar surface area (TPSA) is 173 Å². The number of nitrogens with one attached hydrogen (secondary N) is 4. The predicted molar refractivity (Wildman–Crippen MR) is 135 cm³/mol. The van der Waals surface area contributed by atoms with Crippen molar-refractivity contribution in [1.82, 2.24) is 16.0 Å². The first-order valence-corrected chi connectivity index (χ1v) is 12.7. The number of hydrogen-bond donors (Lipinski definition) is 5. The number of carbonyl (C=O) groups excluding carboxylic acids is 2. The van der Waals surface area contributed by atoms with E-state index in [1.807, 2.05) is 13.8 Å². The largest absolute Gasteiger partial charge is 0.493 e. The van der Waals surface area contributed by atoms with Gasteiger partial charge in [0.05, 0.1) is 25.5 Å². The van der Waals surface area contributed by atoms with E-state index < -0.39 is 22.0 Å². The molecule has 12 heteroatoms. The van der Waals surface area contributed by atoms with Crippen LogP contribution in [-0.4, -0.2) is 46.5 Å². The summed E-state index contributed by atoms with van der Waals surface area (Å²) in [4.78, 5) is 25.2. The summed E-state index contributed by atoms with van der Waals surface area (Å²) in [6, 6.07) is 10.2. The van der Waals surface area contributed by atoms with Crippen LogP contribution in [0.15, 0.2) is 47.4 Å². The van der Waals surface area contributed by atoms with E-state index >= 15 is 0 Å². The molecule has 36 heavy (non-hydrogen) atoms. The molecule has 0 aliphatic carbocycles. The van der Waals surface area contributed by atoms with Crippen LogP contribution in [0.1, 0.15) is 31.4 Å². The highest BCUT2D eigenvalue weighted by Gasteiger charge is 2.21. The smallest absolute Gasteiger partial charge is 0.242 e. The third-order valence-electron chi connectivity index (χ3n) is 5.14. The summed E-state index contributed by atoms with van der Waals surface area (Å²) in [5.41, 5.74) is 1.35. The van der Waals surface area contributed by atoms with E-state index in [1.54, 1.807) is 30.3 Å². The number of methoxy groups -OCH3 is 2. The molecule has 196 valence electrons. The van der Waals surface area contributed by atoms with Gasteiger partial charge in [0.25, 0.3) is 0 Å². The minimum absolute atomic E-state index is 0.0000265. The summed E-state index contributed by atoms with van der Waals surface area (Å²) < 4.78 is 33.2. The van der Waals surface area contributed by atoms with Gasteiger partial charge in [-0.3, -0.25) is 20.3 Å². The molecule has 11 nitrogen and oxygen atoms in total. The van der Waals surface area contributed by atoms with E-state index in [4.69, 9.17) is 20.0 Å². The number of benzene rings is 2. The molecule has 0 fully saturated rings. The number of nitrogens with two attached hydrogens (primary N) is 1. The summed E-state index contributed by atoms with van der Waals surface area (Å²) in [5.74, 6) is 0.0794. The van der Waals surface area contributed by atoms with E-state index in [0.29, 0.717) is 29.0 Å². The number of hydrogen-bond acceptors (Lipinski definition) is 7. The van der Waals surface area contributed by atoms with Crippen LogP contribution in [0.5, 0.6) is 11.5 Å². The van der Waals surface area contributed by atoms with Crippen molar-refractivity contribution in [3.63, 3.8) is 0 Å². The van der Waals surface area contributed by atoms with Gasteiger partial charge in [0, 0.05) is 6.54 Å². The number of guanidine groups is 1. The van der Waals surface area contributed by atoms with Crippen LogP contribution in [0, 0.1) is 11.3 Å². The lowest BCUT2D eigenvalue weighted by Gasteiger charge is -2.21. The molecule has 0 saturated heterocycles. The molecule has 0 heterocycles. The Morgan fingerprint density at radius 2 is 1.61 bits per heavy atom. The normalized spacial score (nSPS) is 11.9. The van der Waals surface area contributed by atoms with Crippen molar-refractivity contribution in [2.24, 2.45) is 11.1 Å². The summed E-state index contributed by atoms with van der Waals surface area (Å²) in [6.45, 7) is 4.03. The van der Waals surface area contributed by atoms with Crippen LogP contribution in [-0.2, 0) is 32.6 Å². The van der Waals surface area contributed by atoms with Crippen molar-refractivity contribution in [3.05, 3.63) is 53.6 Å². The lowest BCUT2D eigenvalue weighted by atomic mass is 10.0. The van der Waals surface area contributed by atoms with Crippen LogP contribution >= 0.6 is 0 Å². The van der Waals surface area contributed by atoms with Crippen molar-refractivity contribution >= 4 is 27.8 Å². The van der Waals surface area contributed by atoms with E-state index in [0.717, 1.165) is 0 Å². The first-order valence-electron chi connectivity index (χ1n) is 11.2. The highest BCUT2D eigenvalue weighted by molar-refractivity contribution is 7.89. The van der Waals surface area contributed by atoms with Gasteiger partial charge in [-0.05, 0) is 47.7 Å². The minimum atomic E-state index is -3.80. The lowest BCUT2D eigenvalue weighted by Crippen LogP contribution is -2.52. The van der Waals surface area contributed by atoms with Crippen molar-refractivity contribution in [2.75, 3.05) is 14.2 Å². The molecule has 2 amide bonds. The number of amides is 2. The van der Waals surface area contributed by atoms with E-state index in [2.05, 4.69) is 16.0 Å². The third-order valence-corrected chi connectivity index (χ3v) is 6.07. The molecule has 0 unspecified atom stereocenters. The van der Waals surface area contributed by atoms with E-state index in [9.17, 15) is 18.0 Å². The number of rotatable bonds is 11. The Morgan fingerprint density at radius 3 is 2.17 bits per heavy atom. The first-order chi connectivity index (χ1) is 16.9. The first kappa shape index (κ1) is 28.6. The fourth-order valence-electron chi connectivity index (χ4n) is 3.38. The van der Waals surface area contributed by atoms with Gasteiger partial charge >= 0.3 is 0 Å². The van der Waals surface area contributed by atoms with Gasteiger partial charge < -0.3 is 20.1 Å². The second-order valence-corrected chi connectivity index (χ2v) is 10.1. The molecule has 0 radical (unpaired) electrons. The van der Waals surface area contributed by atoms with Crippen LogP contribution in [0.4, 0.5) is 0 Å². The second kappa shape index (κ2) is 12.9. The molecular formula is C24H33N5O6S. The van der Waals surface area contributed by atoms with E-state index in [1.165, 1.54) is 26.4 Å². The highest BCUT2D eigenvalue weighted by atomic mass is 32.2. The molecule has 0 aliphatic rings. The zero-order valence-corrected chi connectivity index (χ0v) is 21.6. The minimum Gasteiger partial charge on any atom is -0.493 e. The maximum Gasteiger partial charge on any atom is 0.242 e. The quantitative estimate of drug-likeness (QED) is 0.219. The van der Waals surface area contributed by atoms with Gasteiger partial charge in [0.2, 0.25) is 21.8 Å². The molecule has 2 rings (SSSR count). The summed E-state index contributed by atoms with van der Waals surface area (Å²) in [6.07, 6.45) is 0.421. The molecule has 0 spiro atoms. The van der Waals surface area contributed by atoms with Gasteiger partial charge in [-0.1, -0.05) is 32.0 Å². The molecule has 2 aromatic carbocycles. The molecule has 0 aromatic heterocycles. The van der Waals surface area contributed by atoms with Crippen molar-refractivity contribution in [1.29, 1.82) is 5.41 Å². The average molecular weight is 520 g/mol. The fraction of sp³-hybridized carbons (Fsp3) is 0.375. The molecule has 2 aromatic rings. The zero-order chi connectivity index (χ0) is 26.9. The van der Waals surface area contributed by atoms with Crippen molar-refractivity contribution in [3.8, 4) is 11.5 Å². The van der Waals surface area contributed by atoms with Gasteiger partial charge in [-0.25, -0.2) is 13.6 Å². The second-order valence-electron chi connectivity index (χ2n) is 8.52. The molecule has 0 aliphatic heterocycles. The Labute approximate surface area is 211 Å². The van der Waals surface area contributed by atoms with E-state index in [-0.39, 0.29) is 35.6 Å². The number of primary sulfonamides is 1. The van der Waals surface area contributed by atoms with Crippen LogP contribution in [0.2, 0.25) is 0 Å². The maximum absolute atomic E-state index is 12.8. The summed E-state index contributed by atoms with van der Waals surface area (Å²) in [5, 5.41) is 21.2. The maximum atomic E-state index is 12.8.